The van der Waals surface area contributed by atoms with Gasteiger partial charge in [-0.15, -0.1) is 0 Å². The number of halogens is 1. The standard InChI is InChI=1S/C19H20ClNO6S2/c1-19(2)17(18(22)23)21(11-12-28(19)24)29(25,26)16-9-7-15(8-10-16)27-14-5-3-13(20)4-6-14/h3-10,17H,11-12H2,1-2H3,(H,22,23). The summed E-state index contributed by atoms with van der Waals surface area (Å²) >= 11 is 5.83. The molecule has 7 nitrogen and oxygen atoms in total. The van der Waals surface area contributed by atoms with E-state index in [0.717, 1.165) is 4.31 Å². The Morgan fingerprint density at radius 3 is 2.17 bits per heavy atom. The van der Waals surface area contributed by atoms with Crippen LogP contribution in [0.15, 0.2) is 53.4 Å². The number of carboxylic acids is 1. The fraction of sp³-hybridized carbons (Fsp3) is 0.316. The molecule has 29 heavy (non-hydrogen) atoms. The Labute approximate surface area is 176 Å². The quantitative estimate of drug-likeness (QED) is 0.740. The molecule has 1 heterocycles. The zero-order valence-corrected chi connectivity index (χ0v) is 18.1. The molecule has 2 atom stereocenters. The lowest BCUT2D eigenvalue weighted by Crippen LogP contribution is -2.62. The van der Waals surface area contributed by atoms with Gasteiger partial charge in [0.1, 0.15) is 17.5 Å². The van der Waals surface area contributed by atoms with E-state index in [9.17, 15) is 22.5 Å². The third-order valence-corrected chi connectivity index (χ3v) is 8.82. The first-order valence-electron chi connectivity index (χ1n) is 8.70. The molecular weight excluding hydrogens is 438 g/mol. The van der Waals surface area contributed by atoms with Gasteiger partial charge >= 0.3 is 5.97 Å². The van der Waals surface area contributed by atoms with Gasteiger partial charge in [-0.2, -0.15) is 4.31 Å². The van der Waals surface area contributed by atoms with Gasteiger partial charge in [-0.05, 0) is 62.4 Å². The molecule has 0 amide bonds. The lowest BCUT2D eigenvalue weighted by Gasteiger charge is -2.42. The second kappa shape index (κ2) is 8.06. The topological polar surface area (TPSA) is 101 Å². The van der Waals surface area contributed by atoms with Gasteiger partial charge in [0.15, 0.2) is 0 Å². The van der Waals surface area contributed by atoms with Gasteiger partial charge < -0.3 is 9.84 Å². The fourth-order valence-electron chi connectivity index (χ4n) is 3.17. The molecule has 0 aliphatic carbocycles. The summed E-state index contributed by atoms with van der Waals surface area (Å²) in [6.45, 7) is 2.89. The minimum Gasteiger partial charge on any atom is -0.480 e. The minimum atomic E-state index is -4.10. The van der Waals surface area contributed by atoms with Crippen molar-refractivity contribution in [3.05, 3.63) is 53.6 Å². The van der Waals surface area contributed by atoms with Gasteiger partial charge in [0.05, 0.1) is 9.64 Å². The van der Waals surface area contributed by atoms with Gasteiger partial charge in [0.2, 0.25) is 10.0 Å². The molecule has 1 N–H and O–H groups in total. The molecule has 1 aliphatic heterocycles. The predicted molar refractivity (Wildman–Crippen MR) is 110 cm³/mol. The van der Waals surface area contributed by atoms with E-state index in [1.165, 1.54) is 38.1 Å². The maximum atomic E-state index is 13.1. The summed E-state index contributed by atoms with van der Waals surface area (Å²) in [7, 11) is -5.56. The highest BCUT2D eigenvalue weighted by Gasteiger charge is 2.51. The van der Waals surface area contributed by atoms with Crippen LogP contribution in [0.4, 0.5) is 0 Å². The summed E-state index contributed by atoms with van der Waals surface area (Å²) in [5.74, 6) is -0.292. The lowest BCUT2D eigenvalue weighted by molar-refractivity contribution is -0.142. The van der Waals surface area contributed by atoms with E-state index in [1.54, 1.807) is 24.3 Å². The van der Waals surface area contributed by atoms with Crippen molar-refractivity contribution in [1.82, 2.24) is 4.31 Å². The van der Waals surface area contributed by atoms with Crippen molar-refractivity contribution < 1.29 is 27.3 Å². The highest BCUT2D eigenvalue weighted by atomic mass is 35.5. The SMILES string of the molecule is CC1(C)C(C(=O)O)N(S(=O)(=O)c2ccc(Oc3ccc(Cl)cc3)cc2)CCS1=O. The summed E-state index contributed by atoms with van der Waals surface area (Å²) < 4.78 is 43.9. The summed E-state index contributed by atoms with van der Waals surface area (Å²) in [5, 5.41) is 10.2. The van der Waals surface area contributed by atoms with Crippen LogP contribution in [0.2, 0.25) is 5.02 Å². The molecule has 0 saturated carbocycles. The normalized spacial score (nSPS) is 22.2. The van der Waals surface area contributed by atoms with Gasteiger partial charge in [-0.3, -0.25) is 9.00 Å². The van der Waals surface area contributed by atoms with Gasteiger partial charge in [-0.25, -0.2) is 8.42 Å². The molecule has 3 rings (SSSR count). The van der Waals surface area contributed by atoms with Crippen LogP contribution in [0, 0.1) is 0 Å². The predicted octanol–water partition coefficient (Wildman–Crippen LogP) is 3.12. The maximum Gasteiger partial charge on any atom is 0.323 e. The van der Waals surface area contributed by atoms with E-state index < -0.39 is 37.6 Å². The third-order valence-electron chi connectivity index (χ3n) is 4.74. The fourth-order valence-corrected chi connectivity index (χ4v) is 6.56. The van der Waals surface area contributed by atoms with Crippen LogP contribution in [-0.2, 0) is 25.6 Å². The first-order valence-corrected chi connectivity index (χ1v) is 11.8. The maximum absolute atomic E-state index is 13.1. The van der Waals surface area contributed by atoms with E-state index in [0.29, 0.717) is 16.5 Å². The van der Waals surface area contributed by atoms with E-state index >= 15 is 0 Å². The number of nitrogens with zero attached hydrogens (tertiary/aromatic N) is 1. The van der Waals surface area contributed by atoms with E-state index in [2.05, 4.69) is 0 Å². The van der Waals surface area contributed by atoms with Crippen molar-refractivity contribution in [1.29, 1.82) is 0 Å². The molecule has 0 bridgehead atoms. The Balaban J connectivity index is 1.87. The highest BCUT2D eigenvalue weighted by Crippen LogP contribution is 2.33. The minimum absolute atomic E-state index is 0.0595. The van der Waals surface area contributed by atoms with Gasteiger partial charge in [0, 0.05) is 28.1 Å². The van der Waals surface area contributed by atoms with Crippen LogP contribution in [0.5, 0.6) is 11.5 Å². The van der Waals surface area contributed by atoms with Crippen LogP contribution in [0.1, 0.15) is 13.8 Å². The Morgan fingerprint density at radius 2 is 1.66 bits per heavy atom. The van der Waals surface area contributed by atoms with E-state index in [4.69, 9.17) is 16.3 Å². The number of hydrogen-bond acceptors (Lipinski definition) is 5. The van der Waals surface area contributed by atoms with Gasteiger partial charge in [0.25, 0.3) is 0 Å². The molecule has 2 unspecified atom stereocenters. The zero-order chi connectivity index (χ0) is 21.4. The number of carboxylic acid groups (broad SMARTS) is 1. The molecule has 0 radical (unpaired) electrons. The Kier molecular flexibility index (Phi) is 6.05. The van der Waals surface area contributed by atoms with E-state index in [1.807, 2.05) is 0 Å². The zero-order valence-electron chi connectivity index (χ0n) is 15.7. The molecule has 1 saturated heterocycles. The smallest absolute Gasteiger partial charge is 0.323 e. The summed E-state index contributed by atoms with van der Waals surface area (Å²) in [5.41, 5.74) is 0. The molecule has 1 aliphatic rings. The lowest BCUT2D eigenvalue weighted by atomic mass is 10.0. The van der Waals surface area contributed by atoms with Crippen molar-refractivity contribution in [3.8, 4) is 11.5 Å². The molecule has 2 aromatic carbocycles. The Morgan fingerprint density at radius 1 is 1.14 bits per heavy atom. The van der Waals surface area contributed by atoms with Crippen LogP contribution < -0.4 is 4.74 Å². The second-order valence-electron chi connectivity index (χ2n) is 7.04. The number of hydrogen-bond donors (Lipinski definition) is 1. The highest BCUT2D eigenvalue weighted by molar-refractivity contribution is 7.90. The largest absolute Gasteiger partial charge is 0.480 e. The van der Waals surface area contributed by atoms with Crippen molar-refractivity contribution in [3.63, 3.8) is 0 Å². The number of rotatable bonds is 5. The average Bonchev–Trinajstić information content (AvgIpc) is 2.65. The van der Waals surface area contributed by atoms with Crippen LogP contribution in [-0.4, -0.2) is 51.1 Å². The third kappa shape index (κ3) is 4.32. The van der Waals surface area contributed by atoms with Crippen LogP contribution in [0.3, 0.4) is 0 Å². The number of carbonyl (C=O) groups is 1. The summed E-state index contributed by atoms with van der Waals surface area (Å²) in [6.07, 6.45) is 0. The molecule has 2 aromatic rings. The van der Waals surface area contributed by atoms with Crippen LogP contribution in [0.25, 0.3) is 0 Å². The number of benzene rings is 2. The number of aliphatic carboxylic acids is 1. The molecule has 10 heteroatoms. The van der Waals surface area contributed by atoms with Gasteiger partial charge in [-0.1, -0.05) is 11.6 Å². The van der Waals surface area contributed by atoms with E-state index in [-0.39, 0.29) is 17.2 Å². The summed E-state index contributed by atoms with van der Waals surface area (Å²) in [4.78, 5) is 11.8. The molecule has 156 valence electrons. The Bertz CT molecular complexity index is 1040. The average molecular weight is 458 g/mol. The van der Waals surface area contributed by atoms with Crippen LogP contribution >= 0.6 is 11.6 Å². The molecule has 0 spiro atoms. The number of sulfonamides is 1. The second-order valence-corrected chi connectivity index (χ2v) is 11.5. The van der Waals surface area contributed by atoms with Crippen molar-refractivity contribution in [2.75, 3.05) is 12.3 Å². The monoisotopic (exact) mass is 457 g/mol. The van der Waals surface area contributed by atoms with Crippen molar-refractivity contribution in [2.24, 2.45) is 0 Å². The molecule has 1 fully saturated rings. The first kappa shape index (κ1) is 21.8. The van der Waals surface area contributed by atoms with Crippen molar-refractivity contribution >= 4 is 38.4 Å². The molecule has 0 aromatic heterocycles. The molecular formula is C19H20ClNO6S2. The first-order chi connectivity index (χ1) is 13.5. The van der Waals surface area contributed by atoms with Crippen molar-refractivity contribution in [2.45, 2.75) is 29.5 Å². The Hall–Kier alpha value is -1.94. The summed E-state index contributed by atoms with van der Waals surface area (Å²) in [6, 6.07) is 11.0. The number of ether oxygens (including phenoxy) is 1.